The number of carbonyl (C=O) groups excluding carboxylic acids is 1. The van der Waals surface area contributed by atoms with Crippen LogP contribution >= 0.6 is 0 Å². The topological polar surface area (TPSA) is 66.0 Å². The van der Waals surface area contributed by atoms with E-state index in [-0.39, 0.29) is 5.91 Å². The lowest BCUT2D eigenvalue weighted by molar-refractivity contribution is -0.116. The molecule has 0 aliphatic carbocycles. The molecule has 0 saturated heterocycles. The van der Waals surface area contributed by atoms with Gasteiger partial charge in [0.2, 0.25) is 11.7 Å². The fourth-order valence-corrected chi connectivity index (χ4v) is 2.64. The summed E-state index contributed by atoms with van der Waals surface area (Å²) in [6.07, 6.45) is 1.82. The molecule has 2 aromatic carbocycles. The summed E-state index contributed by atoms with van der Waals surface area (Å²) in [6.45, 7) is 2.70. The number of carbonyl (C=O) groups is 1. The van der Waals surface area contributed by atoms with Crippen LogP contribution < -0.4 is 24.3 Å². The van der Waals surface area contributed by atoms with E-state index < -0.39 is 0 Å². The lowest BCUT2D eigenvalue weighted by Gasteiger charge is -2.14. The van der Waals surface area contributed by atoms with Crippen molar-refractivity contribution in [2.24, 2.45) is 0 Å². The average Bonchev–Trinajstić information content (AvgIpc) is 2.70. The van der Waals surface area contributed by atoms with Crippen LogP contribution in [0.2, 0.25) is 0 Å². The Balaban J connectivity index is 1.99. The van der Waals surface area contributed by atoms with Crippen molar-refractivity contribution in [3.05, 3.63) is 42.0 Å². The van der Waals surface area contributed by atoms with E-state index in [1.165, 1.54) is 0 Å². The molecule has 0 aromatic heterocycles. The van der Waals surface area contributed by atoms with Crippen LogP contribution in [0, 0.1) is 0 Å². The number of rotatable bonds is 10. The van der Waals surface area contributed by atoms with E-state index in [1.54, 1.807) is 21.3 Å². The van der Waals surface area contributed by atoms with E-state index in [0.717, 1.165) is 23.4 Å². The Bertz CT molecular complexity index is 735. The molecule has 0 saturated carbocycles. The Labute approximate surface area is 160 Å². The number of hydrogen-bond donors (Lipinski definition) is 1. The van der Waals surface area contributed by atoms with E-state index in [1.807, 2.05) is 36.4 Å². The largest absolute Gasteiger partial charge is 0.494 e. The summed E-state index contributed by atoms with van der Waals surface area (Å²) >= 11 is 0. The number of amides is 1. The van der Waals surface area contributed by atoms with Gasteiger partial charge in [-0.25, -0.2) is 0 Å². The van der Waals surface area contributed by atoms with Crippen LogP contribution in [0.4, 0.5) is 5.69 Å². The predicted octanol–water partition coefficient (Wildman–Crippen LogP) is 4.07. The summed E-state index contributed by atoms with van der Waals surface area (Å²) in [5.74, 6) is 2.37. The molecule has 0 bridgehead atoms. The first-order chi connectivity index (χ1) is 13.1. The molecule has 6 nitrogen and oxygen atoms in total. The number of ether oxygens (including phenoxy) is 4. The van der Waals surface area contributed by atoms with Gasteiger partial charge >= 0.3 is 0 Å². The fraction of sp³-hybridized carbons (Fsp3) is 0.381. The van der Waals surface area contributed by atoms with Crippen molar-refractivity contribution in [1.29, 1.82) is 0 Å². The molecule has 0 radical (unpaired) electrons. The van der Waals surface area contributed by atoms with Gasteiger partial charge in [-0.3, -0.25) is 4.79 Å². The van der Waals surface area contributed by atoms with E-state index >= 15 is 0 Å². The number of aryl methyl sites for hydroxylation is 1. The maximum Gasteiger partial charge on any atom is 0.224 e. The van der Waals surface area contributed by atoms with Gasteiger partial charge in [-0.2, -0.15) is 0 Å². The quantitative estimate of drug-likeness (QED) is 0.680. The predicted molar refractivity (Wildman–Crippen MR) is 105 cm³/mol. The molecule has 0 aliphatic rings. The zero-order valence-corrected chi connectivity index (χ0v) is 16.3. The molecule has 1 amide bonds. The number of nitrogens with one attached hydrogen (secondary N) is 1. The van der Waals surface area contributed by atoms with Crippen LogP contribution in [-0.2, 0) is 11.2 Å². The van der Waals surface area contributed by atoms with Crippen molar-refractivity contribution >= 4 is 11.6 Å². The maximum atomic E-state index is 12.3. The molecule has 0 heterocycles. The van der Waals surface area contributed by atoms with Gasteiger partial charge in [-0.1, -0.05) is 13.0 Å². The monoisotopic (exact) mass is 373 g/mol. The van der Waals surface area contributed by atoms with E-state index in [0.29, 0.717) is 36.7 Å². The minimum absolute atomic E-state index is 0.0728. The highest BCUT2D eigenvalue weighted by Crippen LogP contribution is 2.38. The third kappa shape index (κ3) is 5.81. The van der Waals surface area contributed by atoms with Gasteiger partial charge in [0.05, 0.1) is 27.9 Å². The highest BCUT2D eigenvalue weighted by atomic mass is 16.5. The molecular formula is C21H27NO5. The maximum absolute atomic E-state index is 12.3. The second-order valence-electron chi connectivity index (χ2n) is 5.96. The summed E-state index contributed by atoms with van der Waals surface area (Å²) in [6, 6.07) is 11.1. The van der Waals surface area contributed by atoms with Crippen LogP contribution in [0.1, 0.15) is 25.3 Å². The third-order valence-corrected chi connectivity index (χ3v) is 3.96. The SMILES string of the molecule is CCCOc1cccc(NC(=O)CCc2cc(OC)c(OC)c(OC)c2)c1. The first-order valence-corrected chi connectivity index (χ1v) is 8.92. The Kier molecular flexibility index (Phi) is 7.79. The van der Waals surface area contributed by atoms with Crippen molar-refractivity contribution in [3.63, 3.8) is 0 Å². The van der Waals surface area contributed by atoms with Crippen LogP contribution in [0.25, 0.3) is 0 Å². The number of anilines is 1. The number of benzene rings is 2. The molecule has 2 aromatic rings. The first-order valence-electron chi connectivity index (χ1n) is 8.92. The zero-order valence-electron chi connectivity index (χ0n) is 16.3. The second-order valence-corrected chi connectivity index (χ2v) is 5.96. The molecule has 1 N–H and O–H groups in total. The van der Waals surface area contributed by atoms with Gasteiger partial charge < -0.3 is 24.3 Å². The summed E-state index contributed by atoms with van der Waals surface area (Å²) in [5, 5.41) is 2.90. The Morgan fingerprint density at radius 1 is 1.00 bits per heavy atom. The molecule has 2 rings (SSSR count). The number of hydrogen-bond acceptors (Lipinski definition) is 5. The molecule has 27 heavy (non-hydrogen) atoms. The van der Waals surface area contributed by atoms with Crippen LogP contribution in [0.3, 0.4) is 0 Å². The normalized spacial score (nSPS) is 10.2. The Hall–Kier alpha value is -2.89. The van der Waals surface area contributed by atoms with Crippen molar-refractivity contribution in [2.75, 3.05) is 33.3 Å². The van der Waals surface area contributed by atoms with Gasteiger partial charge in [-0.15, -0.1) is 0 Å². The van der Waals surface area contributed by atoms with Gasteiger partial charge in [0, 0.05) is 18.2 Å². The third-order valence-electron chi connectivity index (χ3n) is 3.96. The fourth-order valence-electron chi connectivity index (χ4n) is 2.64. The molecule has 146 valence electrons. The van der Waals surface area contributed by atoms with Crippen molar-refractivity contribution in [2.45, 2.75) is 26.2 Å². The summed E-state index contributed by atoms with van der Waals surface area (Å²) < 4.78 is 21.6. The van der Waals surface area contributed by atoms with E-state index in [4.69, 9.17) is 18.9 Å². The average molecular weight is 373 g/mol. The minimum atomic E-state index is -0.0728. The first kappa shape index (κ1) is 20.4. The van der Waals surface area contributed by atoms with Gasteiger partial charge in [0.1, 0.15) is 5.75 Å². The summed E-state index contributed by atoms with van der Waals surface area (Å²) in [7, 11) is 4.70. The lowest BCUT2D eigenvalue weighted by Crippen LogP contribution is -2.12. The minimum Gasteiger partial charge on any atom is -0.494 e. The van der Waals surface area contributed by atoms with E-state index in [2.05, 4.69) is 12.2 Å². The molecule has 0 fully saturated rings. The van der Waals surface area contributed by atoms with Crippen LogP contribution in [0.15, 0.2) is 36.4 Å². The highest BCUT2D eigenvalue weighted by Gasteiger charge is 2.14. The Morgan fingerprint density at radius 2 is 1.70 bits per heavy atom. The van der Waals surface area contributed by atoms with Gasteiger partial charge in [0.15, 0.2) is 11.5 Å². The molecule has 0 unspecified atom stereocenters. The molecule has 0 atom stereocenters. The molecule has 0 spiro atoms. The number of methoxy groups -OCH3 is 3. The van der Waals surface area contributed by atoms with Gasteiger partial charge in [0.25, 0.3) is 0 Å². The van der Waals surface area contributed by atoms with Gasteiger partial charge in [-0.05, 0) is 42.7 Å². The Morgan fingerprint density at radius 3 is 2.30 bits per heavy atom. The van der Waals surface area contributed by atoms with Crippen molar-refractivity contribution in [3.8, 4) is 23.0 Å². The molecular weight excluding hydrogens is 346 g/mol. The zero-order chi connectivity index (χ0) is 19.6. The smallest absolute Gasteiger partial charge is 0.224 e. The lowest BCUT2D eigenvalue weighted by atomic mass is 10.1. The molecule has 0 aliphatic heterocycles. The van der Waals surface area contributed by atoms with Crippen LogP contribution in [-0.4, -0.2) is 33.8 Å². The van der Waals surface area contributed by atoms with Crippen molar-refractivity contribution in [1.82, 2.24) is 0 Å². The standard InChI is InChI=1S/C21H27NO5/c1-5-11-27-17-8-6-7-16(14-17)22-20(23)10-9-15-12-18(24-2)21(26-4)19(13-15)25-3/h6-8,12-14H,5,9-11H2,1-4H3,(H,22,23). The second kappa shape index (κ2) is 10.3. The summed E-state index contributed by atoms with van der Waals surface area (Å²) in [5.41, 5.74) is 1.65. The van der Waals surface area contributed by atoms with Crippen LogP contribution in [0.5, 0.6) is 23.0 Å². The summed E-state index contributed by atoms with van der Waals surface area (Å²) in [4.78, 5) is 12.3. The van der Waals surface area contributed by atoms with E-state index in [9.17, 15) is 4.79 Å². The molecule has 6 heteroatoms. The highest BCUT2D eigenvalue weighted by molar-refractivity contribution is 5.91. The van der Waals surface area contributed by atoms with Crippen molar-refractivity contribution < 1.29 is 23.7 Å².